The Hall–Kier alpha value is -3.64. The van der Waals surface area contributed by atoms with Crippen LogP contribution in [0.5, 0.6) is 5.75 Å². The Kier molecular flexibility index (Phi) is 7.83. The van der Waals surface area contributed by atoms with E-state index >= 15 is 0 Å². The molecule has 2 amide bonds. The van der Waals surface area contributed by atoms with E-state index in [0.717, 1.165) is 12.2 Å². The predicted octanol–water partition coefficient (Wildman–Crippen LogP) is 6.34. The molecule has 0 radical (unpaired) electrons. The zero-order valence-corrected chi connectivity index (χ0v) is 20.6. The van der Waals surface area contributed by atoms with Gasteiger partial charge in [-0.15, -0.1) is 0 Å². The third-order valence-electron chi connectivity index (χ3n) is 6.69. The van der Waals surface area contributed by atoms with E-state index in [1.54, 1.807) is 31.3 Å². The van der Waals surface area contributed by atoms with E-state index in [1.165, 1.54) is 29.7 Å². The van der Waals surface area contributed by atoms with E-state index in [0.29, 0.717) is 29.1 Å². The van der Waals surface area contributed by atoms with E-state index in [2.05, 4.69) is 24.1 Å². The molecule has 3 aromatic carbocycles. The van der Waals surface area contributed by atoms with Crippen LogP contribution in [0.2, 0.25) is 0 Å². The predicted molar refractivity (Wildman–Crippen MR) is 140 cm³/mol. The second-order valence-electron chi connectivity index (χ2n) is 9.24. The van der Waals surface area contributed by atoms with Crippen molar-refractivity contribution >= 4 is 23.4 Å². The van der Waals surface area contributed by atoms with Crippen molar-refractivity contribution in [3.8, 4) is 5.75 Å². The highest BCUT2D eigenvalue weighted by Crippen LogP contribution is 2.25. The summed E-state index contributed by atoms with van der Waals surface area (Å²) < 4.78 is 5.44. The number of likely N-dealkylation sites (tertiary alicyclic amines) is 1. The molecule has 4 rings (SSSR count). The molecule has 0 spiro atoms. The number of hydrogen-bond donors (Lipinski definition) is 1. The Balaban J connectivity index is 1.31. The lowest BCUT2D eigenvalue weighted by Crippen LogP contribution is -2.42. The molecule has 1 saturated heterocycles. The number of carbonyl (C=O) groups excluding carboxylic acids is 2. The smallest absolute Gasteiger partial charge is 0.410 e. The fourth-order valence-corrected chi connectivity index (χ4v) is 4.49. The summed E-state index contributed by atoms with van der Waals surface area (Å²) in [5.74, 6) is 0.228. The van der Waals surface area contributed by atoms with Crippen LogP contribution in [0, 0.1) is 0 Å². The van der Waals surface area contributed by atoms with Gasteiger partial charge in [0, 0.05) is 42.6 Å². The number of amides is 2. The minimum absolute atomic E-state index is 0.176. The standard InChI is InChI=1S/C29H33N3O3/c1-21-8-7-9-22(2)32(21)20-23-12-14-24(15-13-23)28(33)30-25-16-18-27(19-17-25)35-29(34)31(3)26-10-5-4-6-11-26/h4-6,10-19,21-22H,7-9,20H2,1-3H3,(H,30,33). The molecule has 2 atom stereocenters. The number of benzene rings is 3. The number of nitrogens with zero attached hydrogens (tertiary/aromatic N) is 2. The maximum atomic E-state index is 12.7. The maximum absolute atomic E-state index is 12.7. The number of rotatable bonds is 6. The van der Waals surface area contributed by atoms with Gasteiger partial charge in [0.05, 0.1) is 0 Å². The van der Waals surface area contributed by atoms with Gasteiger partial charge in [-0.2, -0.15) is 0 Å². The fourth-order valence-electron chi connectivity index (χ4n) is 4.49. The second-order valence-corrected chi connectivity index (χ2v) is 9.24. The fraction of sp³-hybridized carbons (Fsp3) is 0.310. The molecule has 1 heterocycles. The molecular formula is C29H33N3O3. The summed E-state index contributed by atoms with van der Waals surface area (Å²) in [7, 11) is 1.66. The highest BCUT2D eigenvalue weighted by Gasteiger charge is 2.24. The van der Waals surface area contributed by atoms with E-state index in [1.807, 2.05) is 54.6 Å². The Morgan fingerprint density at radius 3 is 2.17 bits per heavy atom. The number of nitrogens with one attached hydrogen (secondary N) is 1. The van der Waals surface area contributed by atoms with E-state index in [-0.39, 0.29) is 5.91 Å². The van der Waals surface area contributed by atoms with Crippen molar-refractivity contribution in [1.29, 1.82) is 0 Å². The zero-order chi connectivity index (χ0) is 24.8. The molecule has 1 fully saturated rings. The van der Waals surface area contributed by atoms with E-state index in [9.17, 15) is 9.59 Å². The summed E-state index contributed by atoms with van der Waals surface area (Å²) in [6, 6.07) is 25.0. The summed E-state index contributed by atoms with van der Waals surface area (Å²) in [6.45, 7) is 5.50. The number of piperidine rings is 1. The van der Waals surface area contributed by atoms with E-state index < -0.39 is 6.09 Å². The summed E-state index contributed by atoms with van der Waals surface area (Å²) in [5, 5.41) is 2.90. The monoisotopic (exact) mass is 471 g/mol. The molecule has 6 nitrogen and oxygen atoms in total. The zero-order valence-electron chi connectivity index (χ0n) is 20.6. The van der Waals surface area contributed by atoms with Gasteiger partial charge in [-0.3, -0.25) is 14.6 Å². The Morgan fingerprint density at radius 2 is 1.54 bits per heavy atom. The van der Waals surface area contributed by atoms with E-state index in [4.69, 9.17) is 4.74 Å². The van der Waals surface area contributed by atoms with Crippen LogP contribution < -0.4 is 15.0 Å². The Morgan fingerprint density at radius 1 is 0.914 bits per heavy atom. The molecule has 3 aromatic rings. The minimum Gasteiger partial charge on any atom is -0.410 e. The third kappa shape index (κ3) is 6.28. The number of hydrogen-bond acceptors (Lipinski definition) is 4. The molecule has 35 heavy (non-hydrogen) atoms. The minimum atomic E-state index is -0.485. The quantitative estimate of drug-likeness (QED) is 0.456. The first-order valence-electron chi connectivity index (χ1n) is 12.2. The number of ether oxygens (including phenoxy) is 1. The van der Waals surface area contributed by atoms with Crippen LogP contribution in [0.4, 0.5) is 16.2 Å². The lowest BCUT2D eigenvalue weighted by atomic mass is 9.96. The molecule has 182 valence electrons. The molecule has 0 saturated carbocycles. The number of para-hydroxylation sites is 1. The van der Waals surface area contributed by atoms with Gasteiger partial charge in [-0.25, -0.2) is 4.79 Å². The van der Waals surface area contributed by atoms with Gasteiger partial charge in [0.25, 0.3) is 5.91 Å². The van der Waals surface area contributed by atoms with Crippen molar-refractivity contribution in [1.82, 2.24) is 4.90 Å². The van der Waals surface area contributed by atoms with Gasteiger partial charge >= 0.3 is 6.09 Å². The molecule has 2 unspecified atom stereocenters. The molecule has 1 N–H and O–H groups in total. The normalized spacial score (nSPS) is 18.0. The Bertz CT molecular complexity index is 1120. The van der Waals surface area contributed by atoms with Crippen molar-refractivity contribution in [2.75, 3.05) is 17.3 Å². The largest absolute Gasteiger partial charge is 0.419 e. The van der Waals surface area contributed by atoms with Crippen LogP contribution >= 0.6 is 0 Å². The molecule has 0 aliphatic carbocycles. The number of carbonyl (C=O) groups is 2. The van der Waals surface area contributed by atoms with Crippen LogP contribution in [0.1, 0.15) is 49.0 Å². The Labute approximate surface area is 207 Å². The van der Waals surface area contributed by atoms with Crippen molar-refractivity contribution in [3.63, 3.8) is 0 Å². The van der Waals surface area contributed by atoms with Gasteiger partial charge in [-0.1, -0.05) is 36.8 Å². The summed E-state index contributed by atoms with van der Waals surface area (Å²) in [4.78, 5) is 29.1. The topological polar surface area (TPSA) is 61.9 Å². The van der Waals surface area contributed by atoms with Gasteiger partial charge in [0.15, 0.2) is 0 Å². The maximum Gasteiger partial charge on any atom is 0.419 e. The van der Waals surface area contributed by atoms with Crippen LogP contribution in [0.25, 0.3) is 0 Å². The SMILES string of the molecule is CC1CCCC(C)N1Cc1ccc(C(=O)Nc2ccc(OC(=O)N(C)c3ccccc3)cc2)cc1. The van der Waals surface area contributed by atoms with Crippen LogP contribution in [0.3, 0.4) is 0 Å². The molecule has 1 aliphatic rings. The molecule has 6 heteroatoms. The van der Waals surface area contributed by atoms with Crippen LogP contribution in [-0.4, -0.2) is 36.0 Å². The van der Waals surface area contributed by atoms with Crippen molar-refractivity contribution in [2.24, 2.45) is 0 Å². The van der Waals surface area contributed by atoms with Crippen LogP contribution in [-0.2, 0) is 6.54 Å². The lowest BCUT2D eigenvalue weighted by molar-refractivity contribution is 0.0952. The molecule has 0 aromatic heterocycles. The summed E-state index contributed by atoms with van der Waals surface area (Å²) in [5.41, 5.74) is 3.20. The average molecular weight is 472 g/mol. The van der Waals surface area contributed by atoms with Crippen molar-refractivity contribution in [2.45, 2.75) is 51.7 Å². The molecule has 0 bridgehead atoms. The molecule has 1 aliphatic heterocycles. The first-order valence-corrected chi connectivity index (χ1v) is 12.2. The van der Waals surface area contributed by atoms with Gasteiger partial charge in [0.1, 0.15) is 5.75 Å². The second kappa shape index (κ2) is 11.2. The van der Waals surface area contributed by atoms with Gasteiger partial charge in [0.2, 0.25) is 0 Å². The highest BCUT2D eigenvalue weighted by atomic mass is 16.6. The number of anilines is 2. The van der Waals surface area contributed by atoms with Crippen molar-refractivity contribution < 1.29 is 14.3 Å². The van der Waals surface area contributed by atoms with Gasteiger partial charge < -0.3 is 10.1 Å². The summed E-state index contributed by atoms with van der Waals surface area (Å²) in [6.07, 6.45) is 3.30. The summed E-state index contributed by atoms with van der Waals surface area (Å²) >= 11 is 0. The highest BCUT2D eigenvalue weighted by molar-refractivity contribution is 6.04. The first kappa shape index (κ1) is 24.5. The first-order chi connectivity index (χ1) is 16.9. The van der Waals surface area contributed by atoms with Gasteiger partial charge in [-0.05, 0) is 80.8 Å². The third-order valence-corrected chi connectivity index (χ3v) is 6.69. The average Bonchev–Trinajstić information content (AvgIpc) is 2.88. The van der Waals surface area contributed by atoms with Crippen molar-refractivity contribution in [3.05, 3.63) is 90.0 Å². The van der Waals surface area contributed by atoms with Crippen LogP contribution in [0.15, 0.2) is 78.9 Å². The molecular weight excluding hydrogens is 438 g/mol. The lowest BCUT2D eigenvalue weighted by Gasteiger charge is -2.39.